The van der Waals surface area contributed by atoms with E-state index in [1.54, 1.807) is 27.5 Å². The lowest BCUT2D eigenvalue weighted by atomic mass is 10.1. The van der Waals surface area contributed by atoms with E-state index in [4.69, 9.17) is 4.98 Å². The summed E-state index contributed by atoms with van der Waals surface area (Å²) in [5.74, 6) is 1.22. The van der Waals surface area contributed by atoms with Crippen molar-refractivity contribution in [2.24, 2.45) is 5.92 Å². The van der Waals surface area contributed by atoms with Gasteiger partial charge in [-0.15, -0.1) is 0 Å². The fourth-order valence-corrected chi connectivity index (χ4v) is 4.89. The van der Waals surface area contributed by atoms with Gasteiger partial charge in [0.1, 0.15) is 5.82 Å². The van der Waals surface area contributed by atoms with E-state index in [1.165, 1.54) is 5.56 Å². The van der Waals surface area contributed by atoms with Crippen molar-refractivity contribution >= 4 is 46.1 Å². The molecule has 2 aromatic heterocycles. The third kappa shape index (κ3) is 5.80. The number of benzene rings is 1. The van der Waals surface area contributed by atoms with Crippen LogP contribution in [-0.4, -0.2) is 56.4 Å². The van der Waals surface area contributed by atoms with E-state index in [0.29, 0.717) is 24.8 Å². The number of nitrogens with zero attached hydrogens (tertiary/aromatic N) is 5. The number of rotatable bonds is 10. The first-order valence-corrected chi connectivity index (χ1v) is 13.5. The van der Waals surface area contributed by atoms with Crippen LogP contribution in [0.5, 0.6) is 0 Å². The van der Waals surface area contributed by atoms with Gasteiger partial charge in [0.2, 0.25) is 11.8 Å². The van der Waals surface area contributed by atoms with Gasteiger partial charge in [-0.3, -0.25) is 9.59 Å². The van der Waals surface area contributed by atoms with Gasteiger partial charge in [-0.25, -0.2) is 14.6 Å². The maximum Gasteiger partial charge on any atom is 0.227 e. The Morgan fingerprint density at radius 3 is 2.75 bits per heavy atom. The maximum absolute atomic E-state index is 12.9. The molecule has 0 saturated carbocycles. The third-order valence-electron chi connectivity index (χ3n) is 6.26. The van der Waals surface area contributed by atoms with Crippen LogP contribution in [0.15, 0.2) is 29.6 Å². The topological polar surface area (TPSA) is 105 Å². The molecular weight excluding hydrogens is 474 g/mol. The van der Waals surface area contributed by atoms with Crippen molar-refractivity contribution in [3.63, 3.8) is 0 Å². The highest BCUT2D eigenvalue weighted by atomic mass is 32.2. The second kappa shape index (κ2) is 11.3. The summed E-state index contributed by atoms with van der Waals surface area (Å²) in [6.45, 7) is 11.6. The first-order valence-electron chi connectivity index (χ1n) is 12.5. The molecule has 10 heteroatoms. The summed E-state index contributed by atoms with van der Waals surface area (Å²) < 4.78 is 1.81. The van der Waals surface area contributed by atoms with Crippen LogP contribution in [0.1, 0.15) is 44.7 Å². The predicted molar refractivity (Wildman–Crippen MR) is 144 cm³/mol. The molecule has 2 amide bonds. The molecule has 4 rings (SSSR count). The van der Waals surface area contributed by atoms with Crippen LogP contribution in [-0.2, 0) is 16.1 Å². The van der Waals surface area contributed by atoms with Crippen molar-refractivity contribution in [3.8, 4) is 0 Å². The van der Waals surface area contributed by atoms with E-state index < -0.39 is 0 Å². The lowest BCUT2D eigenvalue weighted by molar-refractivity contribution is -0.126. The number of amides is 2. The number of aromatic nitrogens is 4. The summed E-state index contributed by atoms with van der Waals surface area (Å²) in [6, 6.07) is 6.19. The van der Waals surface area contributed by atoms with Crippen molar-refractivity contribution in [1.82, 2.24) is 25.1 Å². The van der Waals surface area contributed by atoms with Crippen LogP contribution in [0.25, 0.3) is 11.0 Å². The van der Waals surface area contributed by atoms with Crippen molar-refractivity contribution in [2.75, 3.05) is 29.1 Å². The summed E-state index contributed by atoms with van der Waals surface area (Å²) in [6.07, 6.45) is 3.03. The van der Waals surface area contributed by atoms with E-state index in [0.717, 1.165) is 40.3 Å². The van der Waals surface area contributed by atoms with Gasteiger partial charge in [0.05, 0.1) is 24.0 Å². The Balaban J connectivity index is 1.40. The quantitative estimate of drug-likeness (QED) is 0.315. The third-order valence-corrected chi connectivity index (χ3v) is 7.31. The van der Waals surface area contributed by atoms with E-state index in [1.807, 2.05) is 32.0 Å². The molecule has 1 unspecified atom stereocenters. The van der Waals surface area contributed by atoms with Gasteiger partial charge in [0.25, 0.3) is 0 Å². The molecule has 3 heterocycles. The zero-order valence-corrected chi connectivity index (χ0v) is 22.5. The minimum atomic E-state index is -0.366. The van der Waals surface area contributed by atoms with Crippen molar-refractivity contribution in [2.45, 2.75) is 65.2 Å². The average Bonchev–Trinajstić information content (AvgIpc) is 3.43. The monoisotopic (exact) mass is 509 g/mol. The van der Waals surface area contributed by atoms with Gasteiger partial charge in [0.15, 0.2) is 10.8 Å². The Labute approximate surface area is 216 Å². The van der Waals surface area contributed by atoms with Gasteiger partial charge >= 0.3 is 0 Å². The highest BCUT2D eigenvalue weighted by Gasteiger charge is 2.35. The van der Waals surface area contributed by atoms with Gasteiger partial charge in [-0.1, -0.05) is 24.8 Å². The predicted octanol–water partition coefficient (Wildman–Crippen LogP) is 3.93. The molecule has 1 saturated heterocycles. The van der Waals surface area contributed by atoms with E-state index >= 15 is 0 Å². The molecule has 1 atom stereocenters. The Morgan fingerprint density at radius 2 is 2.03 bits per heavy atom. The second-order valence-corrected chi connectivity index (χ2v) is 10.6. The molecule has 0 aliphatic carbocycles. The van der Waals surface area contributed by atoms with Gasteiger partial charge < -0.3 is 15.5 Å². The number of nitrogens with one attached hydrogen (secondary N) is 2. The molecule has 192 valence electrons. The van der Waals surface area contributed by atoms with E-state index in [-0.39, 0.29) is 30.2 Å². The van der Waals surface area contributed by atoms with Crippen molar-refractivity contribution < 1.29 is 9.59 Å². The molecule has 0 radical (unpaired) electrons. The van der Waals surface area contributed by atoms with E-state index in [9.17, 15) is 9.59 Å². The zero-order chi connectivity index (χ0) is 25.8. The van der Waals surface area contributed by atoms with E-state index in [2.05, 4.69) is 41.5 Å². The molecule has 0 spiro atoms. The molecule has 3 aromatic rings. The fraction of sp³-hybridized carbons (Fsp3) is 0.500. The molecule has 1 aromatic carbocycles. The van der Waals surface area contributed by atoms with Crippen LogP contribution in [0, 0.1) is 19.8 Å². The number of carbonyl (C=O) groups excluding carboxylic acids is 2. The first-order chi connectivity index (χ1) is 17.3. The molecule has 9 nitrogen and oxygen atoms in total. The molecule has 2 N–H and O–H groups in total. The number of aryl methyl sites for hydroxylation is 2. The van der Waals surface area contributed by atoms with Crippen LogP contribution in [0.2, 0.25) is 0 Å². The zero-order valence-electron chi connectivity index (χ0n) is 21.7. The smallest absolute Gasteiger partial charge is 0.227 e. The maximum atomic E-state index is 12.9. The SMILES string of the molecule is CCCSc1nc(NC(C)C)c2cnn(CCNC(=O)C3CC(=O)N(c4ccc(C)c(C)c4)C3)c2n1. The molecule has 1 fully saturated rings. The number of hydrogen-bond donors (Lipinski definition) is 2. The molecule has 1 aliphatic heterocycles. The van der Waals surface area contributed by atoms with Crippen LogP contribution in [0.4, 0.5) is 11.5 Å². The minimum Gasteiger partial charge on any atom is -0.367 e. The lowest BCUT2D eigenvalue weighted by Gasteiger charge is -2.18. The second-order valence-electron chi connectivity index (χ2n) is 9.57. The molecule has 0 bridgehead atoms. The number of fused-ring (bicyclic) bond motifs is 1. The molecule has 36 heavy (non-hydrogen) atoms. The first kappa shape index (κ1) is 25.9. The van der Waals surface area contributed by atoms with Crippen LogP contribution >= 0.6 is 11.8 Å². The summed E-state index contributed by atoms with van der Waals surface area (Å²) in [5.41, 5.74) is 3.91. The number of carbonyl (C=O) groups is 2. The Hall–Kier alpha value is -3.14. The van der Waals surface area contributed by atoms with Crippen LogP contribution in [0.3, 0.4) is 0 Å². The molecule has 1 aliphatic rings. The summed E-state index contributed by atoms with van der Waals surface area (Å²) in [4.78, 5) is 36.6. The van der Waals surface area contributed by atoms with Gasteiger partial charge in [0, 0.05) is 37.0 Å². The standard InChI is InChI=1S/C26H35N7O2S/c1-6-11-36-26-30-23(29-16(2)3)21-14-28-33(24(21)31-26)10-9-27-25(35)19-13-22(34)32(15-19)20-8-7-17(4)18(5)12-20/h7-8,12,14,16,19H,6,9-11,13,15H2,1-5H3,(H,27,35)(H,29,30,31). The Kier molecular flexibility index (Phi) is 8.13. The minimum absolute atomic E-state index is 0.0181. The van der Waals surface area contributed by atoms with Crippen molar-refractivity contribution in [3.05, 3.63) is 35.5 Å². The highest BCUT2D eigenvalue weighted by Crippen LogP contribution is 2.27. The lowest BCUT2D eigenvalue weighted by Crippen LogP contribution is -2.35. The number of anilines is 2. The fourth-order valence-electron chi connectivity index (χ4n) is 4.20. The van der Waals surface area contributed by atoms with Gasteiger partial charge in [-0.05, 0) is 57.4 Å². The Bertz CT molecular complexity index is 1260. The van der Waals surface area contributed by atoms with Crippen molar-refractivity contribution in [1.29, 1.82) is 0 Å². The number of thioether (sulfide) groups is 1. The average molecular weight is 510 g/mol. The van der Waals surface area contributed by atoms with Crippen LogP contribution < -0.4 is 15.5 Å². The normalized spacial score (nSPS) is 15.8. The van der Waals surface area contributed by atoms with Gasteiger partial charge in [-0.2, -0.15) is 5.10 Å². The highest BCUT2D eigenvalue weighted by molar-refractivity contribution is 7.99. The number of hydrogen-bond acceptors (Lipinski definition) is 7. The largest absolute Gasteiger partial charge is 0.367 e. The summed E-state index contributed by atoms with van der Waals surface area (Å²) in [5, 5.41) is 12.5. The summed E-state index contributed by atoms with van der Waals surface area (Å²) in [7, 11) is 0. The molecular formula is C26H35N7O2S. The summed E-state index contributed by atoms with van der Waals surface area (Å²) >= 11 is 1.62. The Morgan fingerprint density at radius 1 is 1.22 bits per heavy atom.